The van der Waals surface area contributed by atoms with E-state index in [1.165, 1.54) is 6.07 Å². The minimum atomic E-state index is -3.94. The van der Waals surface area contributed by atoms with Gasteiger partial charge in [0.2, 0.25) is 9.84 Å². The lowest BCUT2D eigenvalue weighted by atomic mass is 9.97. The van der Waals surface area contributed by atoms with Crippen molar-refractivity contribution in [3.05, 3.63) is 77.1 Å². The van der Waals surface area contributed by atoms with Gasteiger partial charge in [0.15, 0.2) is 10.8 Å². The third-order valence-electron chi connectivity index (χ3n) is 6.62. The van der Waals surface area contributed by atoms with Gasteiger partial charge >= 0.3 is 0 Å². The second-order valence-corrected chi connectivity index (χ2v) is 12.9. The number of pyridine rings is 2. The molecule has 1 aliphatic heterocycles. The third kappa shape index (κ3) is 4.90. The van der Waals surface area contributed by atoms with E-state index in [0.717, 1.165) is 28.7 Å². The number of hydrogen-bond donors (Lipinski definition) is 0. The molecule has 1 aromatic carbocycles. The number of nitrogens with zero attached hydrogens (tertiary/aromatic N) is 4. The van der Waals surface area contributed by atoms with E-state index in [9.17, 15) is 13.2 Å². The largest absolute Gasteiger partial charge is 0.351 e. The van der Waals surface area contributed by atoms with Crippen molar-refractivity contribution < 1.29 is 13.2 Å². The van der Waals surface area contributed by atoms with E-state index in [1.54, 1.807) is 47.3 Å². The molecule has 9 heteroatoms. The van der Waals surface area contributed by atoms with Crippen molar-refractivity contribution in [2.45, 2.75) is 44.2 Å². The van der Waals surface area contributed by atoms with Gasteiger partial charge in [0.25, 0.3) is 0 Å². The van der Waals surface area contributed by atoms with Gasteiger partial charge in [0.05, 0.1) is 21.3 Å². The quantitative estimate of drug-likeness (QED) is 0.318. The van der Waals surface area contributed by atoms with Crippen molar-refractivity contribution in [3.8, 4) is 0 Å². The fourth-order valence-corrected chi connectivity index (χ4v) is 6.99. The number of ketones is 1. The molecule has 0 spiro atoms. The van der Waals surface area contributed by atoms with Crippen LogP contribution in [0.4, 0.5) is 5.82 Å². The van der Waals surface area contributed by atoms with Gasteiger partial charge in [-0.2, -0.15) is 0 Å². The van der Waals surface area contributed by atoms with E-state index in [0.29, 0.717) is 29.4 Å². The number of aromatic nitrogens is 3. The molecule has 0 bridgehead atoms. The number of rotatable bonds is 7. The summed E-state index contributed by atoms with van der Waals surface area (Å²) in [6.07, 6.45) is 3.11. The Morgan fingerprint density at radius 1 is 1.14 bits per heavy atom. The zero-order valence-electron chi connectivity index (χ0n) is 20.5. The van der Waals surface area contributed by atoms with Crippen LogP contribution in [0.15, 0.2) is 65.3 Å². The molecular formula is C27H28N4O3S2. The van der Waals surface area contributed by atoms with E-state index in [1.807, 2.05) is 18.2 Å². The van der Waals surface area contributed by atoms with Gasteiger partial charge in [-0.15, -0.1) is 11.3 Å². The van der Waals surface area contributed by atoms with Crippen molar-refractivity contribution in [2.24, 2.45) is 5.92 Å². The molecule has 1 unspecified atom stereocenters. The van der Waals surface area contributed by atoms with E-state index >= 15 is 0 Å². The summed E-state index contributed by atoms with van der Waals surface area (Å²) in [5.41, 5.74) is 4.55. The Bertz CT molecular complexity index is 1550. The number of thiazole rings is 1. The number of carbonyl (C=O) groups is 1. The van der Waals surface area contributed by atoms with Crippen LogP contribution in [-0.4, -0.2) is 47.0 Å². The first kappa shape index (κ1) is 24.5. The van der Waals surface area contributed by atoms with Crippen molar-refractivity contribution in [2.75, 3.05) is 17.2 Å². The van der Waals surface area contributed by atoms with Crippen LogP contribution >= 0.6 is 11.3 Å². The highest BCUT2D eigenvalue weighted by Crippen LogP contribution is 2.37. The van der Waals surface area contributed by atoms with Gasteiger partial charge in [0.1, 0.15) is 11.6 Å². The molecule has 5 rings (SSSR count). The molecule has 1 fully saturated rings. The zero-order valence-corrected chi connectivity index (χ0v) is 22.1. The molecule has 0 aliphatic carbocycles. The van der Waals surface area contributed by atoms with Crippen LogP contribution < -0.4 is 4.90 Å². The Kier molecular flexibility index (Phi) is 6.38. The second kappa shape index (κ2) is 9.37. The molecule has 4 heterocycles. The maximum absolute atomic E-state index is 13.3. The van der Waals surface area contributed by atoms with Gasteiger partial charge < -0.3 is 4.90 Å². The Hall–Kier alpha value is -3.17. The summed E-state index contributed by atoms with van der Waals surface area (Å²) < 4.78 is 27.6. The van der Waals surface area contributed by atoms with E-state index < -0.39 is 21.4 Å². The van der Waals surface area contributed by atoms with Crippen molar-refractivity contribution in [3.63, 3.8) is 0 Å². The topological polar surface area (TPSA) is 93.1 Å². The van der Waals surface area contributed by atoms with Crippen molar-refractivity contribution in [1.82, 2.24) is 15.0 Å². The predicted molar refractivity (Wildman–Crippen MR) is 142 cm³/mol. The smallest absolute Gasteiger partial charge is 0.203 e. The van der Waals surface area contributed by atoms with E-state index in [2.05, 4.69) is 40.6 Å². The molecule has 1 atom stereocenters. The summed E-state index contributed by atoms with van der Waals surface area (Å²) in [5.74, 6) is -0.125. The number of benzene rings is 1. The molecule has 3 aromatic heterocycles. The molecule has 0 N–H and O–H groups in total. The van der Waals surface area contributed by atoms with E-state index in [4.69, 9.17) is 0 Å². The highest BCUT2D eigenvalue weighted by Gasteiger charge is 2.39. The second-order valence-electron chi connectivity index (χ2n) is 10.1. The first-order valence-electron chi connectivity index (χ1n) is 11.9. The first-order chi connectivity index (χ1) is 17.1. The number of anilines is 1. The summed E-state index contributed by atoms with van der Waals surface area (Å²) in [6, 6.07) is 14.2. The Balaban J connectivity index is 1.38. The van der Waals surface area contributed by atoms with Crippen LogP contribution in [-0.2, 0) is 16.3 Å². The SMILES string of the molecule is CC1CN(c2ncccc2C(=O)CS(=O)(=O)c2cccc(Cc3ccc4ncsc4c3)n2)C(C)(C)C1. The normalized spacial score (nSPS) is 17.5. The molecule has 36 heavy (non-hydrogen) atoms. The van der Waals surface area contributed by atoms with Crippen LogP contribution in [0.25, 0.3) is 10.2 Å². The third-order valence-corrected chi connectivity index (χ3v) is 8.92. The van der Waals surface area contributed by atoms with Crippen LogP contribution in [0.5, 0.6) is 0 Å². The lowest BCUT2D eigenvalue weighted by molar-refractivity contribution is 0.102. The van der Waals surface area contributed by atoms with Crippen LogP contribution in [0.2, 0.25) is 0 Å². The van der Waals surface area contributed by atoms with Gasteiger partial charge in [-0.3, -0.25) is 4.79 Å². The Morgan fingerprint density at radius 3 is 2.75 bits per heavy atom. The minimum Gasteiger partial charge on any atom is -0.351 e. The number of sulfone groups is 1. The molecule has 7 nitrogen and oxygen atoms in total. The number of Topliss-reactive ketones (excluding diaryl/α,β-unsaturated/α-hetero) is 1. The number of hydrogen-bond acceptors (Lipinski definition) is 8. The number of fused-ring (bicyclic) bond motifs is 1. The summed E-state index contributed by atoms with van der Waals surface area (Å²) in [7, 11) is -3.94. The lowest BCUT2D eigenvalue weighted by Gasteiger charge is -2.33. The molecule has 186 valence electrons. The highest BCUT2D eigenvalue weighted by atomic mass is 32.2. The van der Waals surface area contributed by atoms with Crippen molar-refractivity contribution >= 4 is 43.0 Å². The van der Waals surface area contributed by atoms with Gasteiger partial charge in [-0.25, -0.2) is 23.4 Å². The fourth-order valence-electron chi connectivity index (χ4n) is 5.06. The summed E-state index contributed by atoms with van der Waals surface area (Å²) in [6.45, 7) is 7.19. The van der Waals surface area contributed by atoms with Crippen molar-refractivity contribution in [1.29, 1.82) is 0 Å². The van der Waals surface area contributed by atoms with E-state index in [-0.39, 0.29) is 10.6 Å². The predicted octanol–water partition coefficient (Wildman–Crippen LogP) is 4.96. The zero-order chi connectivity index (χ0) is 25.5. The standard InChI is InChI=1S/C27H28N4O3S2/c1-18-14-27(2,3)31(15-18)26-21(7-5-11-28-26)23(32)16-36(33,34)25-8-4-6-20(30-25)12-19-9-10-22-24(13-19)35-17-29-22/h4-11,13,17-18H,12,14-16H2,1-3H3. The van der Waals surface area contributed by atoms with Crippen LogP contribution in [0, 0.1) is 5.92 Å². The summed E-state index contributed by atoms with van der Waals surface area (Å²) in [4.78, 5) is 28.6. The molecular weight excluding hydrogens is 492 g/mol. The van der Waals surface area contributed by atoms with Gasteiger partial charge in [-0.05, 0) is 68.1 Å². The monoisotopic (exact) mass is 520 g/mol. The Morgan fingerprint density at radius 2 is 1.97 bits per heavy atom. The summed E-state index contributed by atoms with van der Waals surface area (Å²) >= 11 is 1.56. The molecule has 0 radical (unpaired) electrons. The van der Waals surface area contributed by atoms with Gasteiger partial charge in [0, 0.05) is 30.4 Å². The lowest BCUT2D eigenvalue weighted by Crippen LogP contribution is -2.39. The van der Waals surface area contributed by atoms with Gasteiger partial charge in [-0.1, -0.05) is 19.1 Å². The van der Waals surface area contributed by atoms with Crippen LogP contribution in [0.1, 0.15) is 48.8 Å². The maximum Gasteiger partial charge on any atom is 0.203 e. The first-order valence-corrected chi connectivity index (χ1v) is 14.4. The highest BCUT2D eigenvalue weighted by molar-refractivity contribution is 7.92. The fraction of sp³-hybridized carbons (Fsp3) is 0.333. The molecule has 0 saturated carbocycles. The Labute approximate surface area is 215 Å². The average molecular weight is 521 g/mol. The minimum absolute atomic E-state index is 0.0900. The number of carbonyl (C=O) groups excluding carboxylic acids is 1. The molecule has 0 amide bonds. The summed E-state index contributed by atoms with van der Waals surface area (Å²) in [5, 5.41) is -0.0900. The molecule has 1 aliphatic rings. The maximum atomic E-state index is 13.3. The molecule has 1 saturated heterocycles. The molecule has 4 aromatic rings. The average Bonchev–Trinajstić information content (AvgIpc) is 3.41. The van der Waals surface area contributed by atoms with Crippen LogP contribution in [0.3, 0.4) is 0 Å².